The van der Waals surface area contributed by atoms with Crippen LogP contribution >= 0.6 is 0 Å². The minimum Gasteiger partial charge on any atom is -0.379 e. The van der Waals surface area contributed by atoms with Crippen LogP contribution in [0.1, 0.15) is 46.0 Å². The summed E-state index contributed by atoms with van der Waals surface area (Å²) in [7, 11) is 0. The van der Waals surface area contributed by atoms with Gasteiger partial charge in [0.25, 0.3) is 0 Å². The third-order valence-electron chi connectivity index (χ3n) is 7.61. The molecule has 1 saturated heterocycles. The summed E-state index contributed by atoms with van der Waals surface area (Å²) in [5.41, 5.74) is 0.448. The van der Waals surface area contributed by atoms with Gasteiger partial charge in [0.1, 0.15) is 5.78 Å². The van der Waals surface area contributed by atoms with Crippen molar-refractivity contribution in [1.82, 2.24) is 9.80 Å². The molecule has 2 heterocycles. The van der Waals surface area contributed by atoms with Gasteiger partial charge in [0.2, 0.25) is 0 Å². The topological polar surface area (TPSA) is 32.8 Å². The van der Waals surface area contributed by atoms with Crippen molar-refractivity contribution in [2.45, 2.75) is 52.0 Å². The summed E-state index contributed by atoms with van der Waals surface area (Å²) >= 11 is 0. The number of Topliss-reactive ketones (excluding diaryl/α,β-unsaturated/α-hetero) is 1. The summed E-state index contributed by atoms with van der Waals surface area (Å²) < 4.78 is 5.47. The third kappa shape index (κ3) is 3.40. The fourth-order valence-electron chi connectivity index (χ4n) is 5.53. The van der Waals surface area contributed by atoms with Crippen molar-refractivity contribution in [3.8, 4) is 0 Å². The van der Waals surface area contributed by atoms with Crippen LogP contribution in [0.25, 0.3) is 0 Å². The molecule has 0 spiro atoms. The van der Waals surface area contributed by atoms with Crippen LogP contribution in [0.4, 0.5) is 0 Å². The Morgan fingerprint density at radius 3 is 2.80 bits per heavy atom. The van der Waals surface area contributed by atoms with Gasteiger partial charge in [-0.2, -0.15) is 0 Å². The molecular formula is C21H34N2O2. The highest BCUT2D eigenvalue weighted by Gasteiger charge is 2.48. The molecule has 0 bridgehead atoms. The average Bonchev–Trinajstić information content (AvgIpc) is 3.03. The molecular weight excluding hydrogens is 312 g/mol. The highest BCUT2D eigenvalue weighted by Crippen LogP contribution is 2.53. The van der Waals surface area contributed by atoms with Crippen LogP contribution in [0.5, 0.6) is 0 Å². The number of morpholine rings is 1. The van der Waals surface area contributed by atoms with E-state index in [-0.39, 0.29) is 5.92 Å². The van der Waals surface area contributed by atoms with Gasteiger partial charge in [-0.3, -0.25) is 9.69 Å². The third-order valence-corrected chi connectivity index (χ3v) is 7.61. The van der Waals surface area contributed by atoms with Crippen LogP contribution in [-0.4, -0.2) is 61.0 Å². The summed E-state index contributed by atoms with van der Waals surface area (Å²) in [5.74, 6) is 2.31. The molecule has 4 aliphatic rings. The Kier molecular flexibility index (Phi) is 4.93. The lowest BCUT2D eigenvalue weighted by atomic mass is 9.53. The Morgan fingerprint density at radius 2 is 2.04 bits per heavy atom. The molecule has 0 radical (unpaired) electrons. The number of fused-ring (bicyclic) bond motifs is 1. The van der Waals surface area contributed by atoms with E-state index < -0.39 is 0 Å². The zero-order valence-corrected chi connectivity index (χ0v) is 16.0. The molecule has 2 saturated carbocycles. The maximum atomic E-state index is 12.1. The van der Waals surface area contributed by atoms with Crippen molar-refractivity contribution in [3.63, 3.8) is 0 Å². The zero-order chi connectivity index (χ0) is 17.4. The maximum Gasteiger partial charge on any atom is 0.141 e. The molecule has 0 amide bonds. The van der Waals surface area contributed by atoms with E-state index in [4.69, 9.17) is 4.74 Å². The lowest BCUT2D eigenvalue weighted by Crippen LogP contribution is -2.52. The van der Waals surface area contributed by atoms with Gasteiger partial charge in [0.05, 0.1) is 19.1 Å². The van der Waals surface area contributed by atoms with Gasteiger partial charge in [-0.25, -0.2) is 0 Å². The fraction of sp³-hybridized carbons (Fsp3) is 0.857. The molecule has 0 N–H and O–H groups in total. The highest BCUT2D eigenvalue weighted by atomic mass is 16.5. The molecule has 25 heavy (non-hydrogen) atoms. The van der Waals surface area contributed by atoms with Gasteiger partial charge in [0, 0.05) is 38.6 Å². The molecule has 3 fully saturated rings. The fourth-order valence-corrected chi connectivity index (χ4v) is 5.53. The molecule has 0 aromatic carbocycles. The van der Waals surface area contributed by atoms with Crippen LogP contribution in [0.2, 0.25) is 0 Å². The van der Waals surface area contributed by atoms with E-state index in [1.165, 1.54) is 25.8 Å². The van der Waals surface area contributed by atoms with Gasteiger partial charge in [0.15, 0.2) is 0 Å². The van der Waals surface area contributed by atoms with Crippen LogP contribution in [-0.2, 0) is 9.53 Å². The normalized spacial score (nSPS) is 37.8. The van der Waals surface area contributed by atoms with Crippen molar-refractivity contribution in [2.24, 2.45) is 23.2 Å². The predicted octanol–water partition coefficient (Wildman–Crippen LogP) is 2.94. The Hall–Kier alpha value is -0.870. The van der Waals surface area contributed by atoms with E-state index in [0.29, 0.717) is 17.2 Å². The standard InChI is InChI=1S/C21H34N2O2/c1-21(2)16(14-17(21)15-22-10-12-25-13-11-22)6-8-23-9-7-18-19(23)4-3-5-20(18)24/h7,9,16-19H,3-6,8,10-15H2,1-2H3/t16-,17-,18?,19?/m0/s1. The Bertz CT molecular complexity index is 524. The van der Waals surface area contributed by atoms with Crippen LogP contribution in [0.3, 0.4) is 0 Å². The van der Waals surface area contributed by atoms with E-state index in [2.05, 4.69) is 35.9 Å². The predicted molar refractivity (Wildman–Crippen MR) is 99.2 cm³/mol. The molecule has 140 valence electrons. The Balaban J connectivity index is 1.25. The van der Waals surface area contributed by atoms with Gasteiger partial charge in [-0.15, -0.1) is 0 Å². The first-order valence-corrected chi connectivity index (χ1v) is 10.3. The molecule has 2 unspecified atom stereocenters. The molecule has 0 aromatic heterocycles. The zero-order valence-electron chi connectivity index (χ0n) is 16.0. The highest BCUT2D eigenvalue weighted by molar-refractivity contribution is 5.84. The first kappa shape index (κ1) is 17.5. The Labute approximate surface area is 152 Å². The summed E-state index contributed by atoms with van der Waals surface area (Å²) in [6.07, 6.45) is 10.1. The van der Waals surface area contributed by atoms with Gasteiger partial charge < -0.3 is 9.64 Å². The number of ether oxygens (including phenoxy) is 1. The number of hydrogen-bond acceptors (Lipinski definition) is 4. The van der Waals surface area contributed by atoms with E-state index >= 15 is 0 Å². The van der Waals surface area contributed by atoms with Crippen LogP contribution in [0, 0.1) is 23.2 Å². The summed E-state index contributed by atoms with van der Waals surface area (Å²) in [6, 6.07) is 0.466. The minimum absolute atomic E-state index is 0.192. The van der Waals surface area contributed by atoms with Gasteiger partial charge >= 0.3 is 0 Å². The molecule has 4 heteroatoms. The molecule has 4 atom stereocenters. The second-order valence-corrected chi connectivity index (χ2v) is 9.18. The second kappa shape index (κ2) is 7.03. The summed E-state index contributed by atoms with van der Waals surface area (Å²) in [5, 5.41) is 0. The first-order chi connectivity index (χ1) is 12.1. The van der Waals surface area contributed by atoms with Crippen molar-refractivity contribution in [2.75, 3.05) is 39.4 Å². The van der Waals surface area contributed by atoms with E-state index in [9.17, 15) is 4.79 Å². The lowest BCUT2D eigenvalue weighted by molar-refractivity contribution is -0.124. The summed E-state index contributed by atoms with van der Waals surface area (Å²) in [6.45, 7) is 11.3. The molecule has 4 rings (SSSR count). The van der Waals surface area contributed by atoms with E-state index in [1.54, 1.807) is 0 Å². The molecule has 0 aromatic rings. The number of hydrogen-bond donors (Lipinski definition) is 0. The van der Waals surface area contributed by atoms with Crippen molar-refractivity contribution in [1.29, 1.82) is 0 Å². The molecule has 4 nitrogen and oxygen atoms in total. The van der Waals surface area contributed by atoms with E-state index in [1.807, 2.05) is 0 Å². The van der Waals surface area contributed by atoms with Crippen LogP contribution in [0.15, 0.2) is 12.3 Å². The number of carbonyl (C=O) groups excluding carboxylic acids is 1. The monoisotopic (exact) mass is 346 g/mol. The number of nitrogens with zero attached hydrogens (tertiary/aromatic N) is 2. The SMILES string of the molecule is CC1(C)[C@@H](CCN2C=CC3C(=O)CCCC32)C[C@H]1CN1CCOCC1. The van der Waals surface area contributed by atoms with Crippen LogP contribution < -0.4 is 0 Å². The van der Waals surface area contributed by atoms with Gasteiger partial charge in [-0.05, 0) is 49.1 Å². The minimum atomic E-state index is 0.192. The number of carbonyl (C=O) groups is 1. The average molecular weight is 347 g/mol. The van der Waals surface area contributed by atoms with Crippen molar-refractivity contribution < 1.29 is 9.53 Å². The smallest absolute Gasteiger partial charge is 0.141 e. The quantitative estimate of drug-likeness (QED) is 0.766. The largest absolute Gasteiger partial charge is 0.379 e. The summed E-state index contributed by atoms with van der Waals surface area (Å²) in [4.78, 5) is 17.1. The first-order valence-electron chi connectivity index (χ1n) is 10.3. The van der Waals surface area contributed by atoms with Crippen molar-refractivity contribution in [3.05, 3.63) is 12.3 Å². The lowest BCUT2D eigenvalue weighted by Gasteiger charge is -2.54. The van der Waals surface area contributed by atoms with Gasteiger partial charge in [-0.1, -0.05) is 19.9 Å². The number of rotatable bonds is 5. The van der Waals surface area contributed by atoms with E-state index in [0.717, 1.165) is 57.5 Å². The maximum absolute atomic E-state index is 12.1. The molecule has 2 aliphatic heterocycles. The number of ketones is 1. The molecule has 2 aliphatic carbocycles. The second-order valence-electron chi connectivity index (χ2n) is 9.18. The van der Waals surface area contributed by atoms with Crippen molar-refractivity contribution >= 4 is 5.78 Å². The Morgan fingerprint density at radius 1 is 1.24 bits per heavy atom.